The third kappa shape index (κ3) is 2.68. The number of aromatic nitrogens is 3. The summed E-state index contributed by atoms with van der Waals surface area (Å²) >= 11 is 1.08. The van der Waals surface area contributed by atoms with Crippen LogP contribution < -0.4 is 0 Å². The number of rotatable bonds is 5. The Hall–Kier alpha value is -1.76. The largest absolute Gasteiger partial charge is 0.481 e. The smallest absolute Gasteiger partial charge is 0.313 e. The Morgan fingerprint density at radius 2 is 2.47 bits per heavy atom. The van der Waals surface area contributed by atoms with Gasteiger partial charge in [-0.3, -0.25) is 9.89 Å². The van der Waals surface area contributed by atoms with Gasteiger partial charge in [0.25, 0.3) is 0 Å². The second-order valence-corrected chi connectivity index (χ2v) is 4.20. The van der Waals surface area contributed by atoms with Crippen LogP contribution in [0, 0.1) is 0 Å². The molecule has 2 aromatic rings. The van der Waals surface area contributed by atoms with Crippen molar-refractivity contribution in [2.24, 2.45) is 0 Å². The minimum atomic E-state index is -0.890. The summed E-state index contributed by atoms with van der Waals surface area (Å²) in [6, 6.07) is 1.81. The van der Waals surface area contributed by atoms with E-state index in [1.54, 1.807) is 6.26 Å². The first kappa shape index (κ1) is 11.7. The van der Waals surface area contributed by atoms with Crippen LogP contribution in [0.1, 0.15) is 12.7 Å². The highest BCUT2D eigenvalue weighted by Gasteiger charge is 2.12. The van der Waals surface area contributed by atoms with Gasteiger partial charge in [0.15, 0.2) is 5.82 Å². The van der Waals surface area contributed by atoms with E-state index >= 15 is 0 Å². The van der Waals surface area contributed by atoms with Crippen molar-refractivity contribution in [3.05, 3.63) is 18.1 Å². The van der Waals surface area contributed by atoms with E-state index in [1.807, 2.05) is 13.0 Å². The molecule has 0 aromatic carbocycles. The molecule has 0 unspecified atom stereocenters. The number of carboxylic acid groups (broad SMARTS) is 1. The Bertz CT molecular complexity index is 520. The van der Waals surface area contributed by atoms with Crippen LogP contribution in [0.2, 0.25) is 0 Å². The third-order valence-corrected chi connectivity index (χ3v) is 2.94. The maximum Gasteiger partial charge on any atom is 0.313 e. The maximum atomic E-state index is 10.4. The monoisotopic (exact) mass is 253 g/mol. The highest BCUT2D eigenvalue weighted by atomic mass is 32.2. The lowest BCUT2D eigenvalue weighted by Gasteiger charge is -1.93. The minimum absolute atomic E-state index is 0.0523. The molecule has 0 saturated carbocycles. The fourth-order valence-electron chi connectivity index (χ4n) is 1.38. The Morgan fingerprint density at radius 3 is 3.18 bits per heavy atom. The summed E-state index contributed by atoms with van der Waals surface area (Å²) in [7, 11) is 0. The maximum absolute atomic E-state index is 10.4. The van der Waals surface area contributed by atoms with Crippen molar-refractivity contribution in [2.45, 2.75) is 18.5 Å². The van der Waals surface area contributed by atoms with Crippen molar-refractivity contribution in [2.75, 3.05) is 5.75 Å². The van der Waals surface area contributed by atoms with Crippen LogP contribution in [-0.4, -0.2) is 32.0 Å². The Labute approximate surface area is 101 Å². The second-order valence-electron chi connectivity index (χ2n) is 3.26. The van der Waals surface area contributed by atoms with Crippen molar-refractivity contribution < 1.29 is 14.3 Å². The number of carbonyl (C=O) groups is 1. The molecule has 2 heterocycles. The number of nitrogens with one attached hydrogen (secondary N) is 1. The molecule has 7 heteroatoms. The number of aliphatic carboxylic acids is 1. The van der Waals surface area contributed by atoms with Gasteiger partial charge in [0.05, 0.1) is 17.6 Å². The highest BCUT2D eigenvalue weighted by Crippen LogP contribution is 2.23. The van der Waals surface area contributed by atoms with Gasteiger partial charge < -0.3 is 9.52 Å². The first-order valence-electron chi connectivity index (χ1n) is 5.04. The molecule has 0 radical (unpaired) electrons. The van der Waals surface area contributed by atoms with E-state index in [4.69, 9.17) is 9.52 Å². The van der Waals surface area contributed by atoms with E-state index in [9.17, 15) is 4.79 Å². The topological polar surface area (TPSA) is 92.0 Å². The standard InChI is InChI=1S/C10H11N3O3S/c1-2-7-6(3-4-16-7)9-11-10(13-12-9)17-5-8(14)15/h3-4H,2,5H2,1H3,(H,14,15)(H,11,12,13). The first-order chi connectivity index (χ1) is 8.20. The van der Waals surface area contributed by atoms with Crippen LogP contribution in [0.4, 0.5) is 0 Å². The number of aryl methyl sites for hydroxylation is 1. The molecule has 2 rings (SSSR count). The molecular weight excluding hydrogens is 242 g/mol. The highest BCUT2D eigenvalue weighted by molar-refractivity contribution is 7.99. The quantitative estimate of drug-likeness (QED) is 0.789. The summed E-state index contributed by atoms with van der Waals surface area (Å²) in [4.78, 5) is 14.6. The summed E-state index contributed by atoms with van der Waals surface area (Å²) in [6.45, 7) is 1.98. The van der Waals surface area contributed by atoms with Crippen LogP contribution in [-0.2, 0) is 11.2 Å². The van der Waals surface area contributed by atoms with Gasteiger partial charge in [0.1, 0.15) is 5.76 Å². The van der Waals surface area contributed by atoms with Crippen LogP contribution in [0.5, 0.6) is 0 Å². The number of H-pyrrole nitrogens is 1. The lowest BCUT2D eigenvalue weighted by atomic mass is 10.2. The summed E-state index contributed by atoms with van der Waals surface area (Å²) < 4.78 is 5.29. The third-order valence-electron chi connectivity index (χ3n) is 2.11. The molecule has 0 aliphatic rings. The molecular formula is C10H11N3O3S. The second kappa shape index (κ2) is 5.05. The number of hydrogen-bond donors (Lipinski definition) is 2. The number of hydrogen-bond acceptors (Lipinski definition) is 5. The van der Waals surface area contributed by atoms with E-state index in [-0.39, 0.29) is 5.75 Å². The van der Waals surface area contributed by atoms with Crippen molar-refractivity contribution >= 4 is 17.7 Å². The average Bonchev–Trinajstić information content (AvgIpc) is 2.94. The average molecular weight is 253 g/mol. The Kier molecular flexibility index (Phi) is 3.48. The zero-order chi connectivity index (χ0) is 12.3. The van der Waals surface area contributed by atoms with E-state index in [0.29, 0.717) is 11.0 Å². The normalized spacial score (nSPS) is 10.6. The van der Waals surface area contributed by atoms with Gasteiger partial charge in [-0.05, 0) is 6.07 Å². The summed E-state index contributed by atoms with van der Waals surface area (Å²) in [6.07, 6.45) is 2.36. The molecule has 0 aliphatic carbocycles. The van der Waals surface area contributed by atoms with Gasteiger partial charge >= 0.3 is 5.97 Å². The lowest BCUT2D eigenvalue weighted by molar-refractivity contribution is -0.133. The first-order valence-corrected chi connectivity index (χ1v) is 6.03. The fraction of sp³-hybridized carbons (Fsp3) is 0.300. The van der Waals surface area contributed by atoms with Crippen LogP contribution in [0.25, 0.3) is 11.4 Å². The van der Waals surface area contributed by atoms with E-state index in [0.717, 1.165) is 29.5 Å². The van der Waals surface area contributed by atoms with Gasteiger partial charge in [0.2, 0.25) is 5.16 Å². The summed E-state index contributed by atoms with van der Waals surface area (Å²) in [5.41, 5.74) is 0.863. The summed E-state index contributed by atoms with van der Waals surface area (Å²) in [5, 5.41) is 15.7. The Morgan fingerprint density at radius 1 is 1.65 bits per heavy atom. The van der Waals surface area contributed by atoms with Gasteiger partial charge in [0, 0.05) is 6.42 Å². The molecule has 90 valence electrons. The van der Waals surface area contributed by atoms with Crippen molar-refractivity contribution in [3.63, 3.8) is 0 Å². The van der Waals surface area contributed by atoms with Crippen LogP contribution in [0.3, 0.4) is 0 Å². The molecule has 0 fully saturated rings. The molecule has 0 saturated heterocycles. The molecule has 0 amide bonds. The number of furan rings is 1. The van der Waals surface area contributed by atoms with E-state index < -0.39 is 5.97 Å². The molecule has 17 heavy (non-hydrogen) atoms. The molecule has 0 atom stereocenters. The molecule has 6 nitrogen and oxygen atoms in total. The van der Waals surface area contributed by atoms with Crippen LogP contribution >= 0.6 is 11.8 Å². The summed E-state index contributed by atoms with van der Waals surface area (Å²) in [5.74, 6) is 0.488. The predicted octanol–water partition coefficient (Wildman–Crippen LogP) is 1.80. The van der Waals surface area contributed by atoms with Gasteiger partial charge in [-0.25, -0.2) is 4.98 Å². The van der Waals surface area contributed by atoms with E-state index in [2.05, 4.69) is 15.2 Å². The lowest BCUT2D eigenvalue weighted by Crippen LogP contribution is -1.97. The fourth-order valence-corrected chi connectivity index (χ4v) is 1.90. The number of aromatic amines is 1. The predicted molar refractivity (Wildman–Crippen MR) is 61.8 cm³/mol. The number of nitrogens with zero attached hydrogens (tertiary/aromatic N) is 2. The molecule has 2 aromatic heterocycles. The number of carboxylic acids is 1. The van der Waals surface area contributed by atoms with Gasteiger partial charge in [-0.1, -0.05) is 18.7 Å². The van der Waals surface area contributed by atoms with Crippen LogP contribution in [0.15, 0.2) is 21.9 Å². The molecule has 0 bridgehead atoms. The van der Waals surface area contributed by atoms with Crippen molar-refractivity contribution in [1.82, 2.24) is 15.2 Å². The zero-order valence-electron chi connectivity index (χ0n) is 9.14. The SMILES string of the molecule is CCc1occc1-c1nc(SCC(=O)O)n[nH]1. The van der Waals surface area contributed by atoms with Crippen molar-refractivity contribution in [1.29, 1.82) is 0 Å². The molecule has 0 spiro atoms. The van der Waals surface area contributed by atoms with Gasteiger partial charge in [-0.2, -0.15) is 0 Å². The van der Waals surface area contributed by atoms with E-state index in [1.165, 1.54) is 0 Å². The minimum Gasteiger partial charge on any atom is -0.481 e. The molecule has 0 aliphatic heterocycles. The van der Waals surface area contributed by atoms with Gasteiger partial charge in [-0.15, -0.1) is 5.10 Å². The molecule has 2 N–H and O–H groups in total. The van der Waals surface area contributed by atoms with Crippen molar-refractivity contribution in [3.8, 4) is 11.4 Å². The number of thioether (sulfide) groups is 1. The zero-order valence-corrected chi connectivity index (χ0v) is 9.95. The Balaban J connectivity index is 2.15.